The summed E-state index contributed by atoms with van der Waals surface area (Å²) in [6.07, 6.45) is 1.66. The smallest absolute Gasteiger partial charge is 0.313 e. The van der Waals surface area contributed by atoms with E-state index in [9.17, 15) is 9.59 Å². The second kappa shape index (κ2) is 9.47. The van der Waals surface area contributed by atoms with Crippen molar-refractivity contribution in [3.63, 3.8) is 0 Å². The van der Waals surface area contributed by atoms with Crippen LogP contribution in [0, 0.1) is 0 Å². The Hall–Kier alpha value is -2.82. The first kappa shape index (κ1) is 18.5. The predicted octanol–water partition coefficient (Wildman–Crippen LogP) is 4.02. The topological polar surface area (TPSA) is 61.4 Å². The van der Waals surface area contributed by atoms with Crippen LogP contribution < -0.4 is 10.6 Å². The van der Waals surface area contributed by atoms with E-state index in [2.05, 4.69) is 10.6 Å². The van der Waals surface area contributed by atoms with Gasteiger partial charge in [-0.25, -0.2) is 0 Å². The Bertz CT molecular complexity index is 678. The van der Waals surface area contributed by atoms with Crippen LogP contribution in [0.3, 0.4) is 0 Å². The SMILES string of the molecule is CCCN(CCC)C(=O)C(=O)Nc1ccc(Nc2ccccc2)cc1. The van der Waals surface area contributed by atoms with Gasteiger partial charge in [0.05, 0.1) is 0 Å². The van der Waals surface area contributed by atoms with Gasteiger partial charge < -0.3 is 15.5 Å². The second-order valence-electron chi connectivity index (χ2n) is 5.81. The summed E-state index contributed by atoms with van der Waals surface area (Å²) in [6.45, 7) is 5.18. The highest BCUT2D eigenvalue weighted by Crippen LogP contribution is 2.18. The molecule has 0 saturated heterocycles. The van der Waals surface area contributed by atoms with Gasteiger partial charge in [-0.2, -0.15) is 0 Å². The third-order valence-corrected chi connectivity index (χ3v) is 3.67. The molecule has 2 N–H and O–H groups in total. The largest absolute Gasteiger partial charge is 0.356 e. The van der Waals surface area contributed by atoms with E-state index in [1.54, 1.807) is 17.0 Å². The molecule has 2 amide bonds. The maximum Gasteiger partial charge on any atom is 0.313 e. The summed E-state index contributed by atoms with van der Waals surface area (Å²) in [4.78, 5) is 26.0. The van der Waals surface area contributed by atoms with Crippen LogP contribution >= 0.6 is 0 Å². The van der Waals surface area contributed by atoms with Gasteiger partial charge in [0.15, 0.2) is 0 Å². The number of nitrogens with one attached hydrogen (secondary N) is 2. The van der Waals surface area contributed by atoms with E-state index in [4.69, 9.17) is 0 Å². The number of para-hydroxylation sites is 1. The van der Waals surface area contributed by atoms with Crippen LogP contribution in [0.1, 0.15) is 26.7 Å². The van der Waals surface area contributed by atoms with E-state index in [1.807, 2.05) is 56.3 Å². The molecule has 0 heterocycles. The molecule has 0 bridgehead atoms. The van der Waals surface area contributed by atoms with E-state index in [0.29, 0.717) is 18.8 Å². The molecule has 0 aliphatic carbocycles. The lowest BCUT2D eigenvalue weighted by molar-refractivity contribution is -0.143. The number of benzene rings is 2. The number of nitrogens with zero attached hydrogens (tertiary/aromatic N) is 1. The minimum absolute atomic E-state index is 0.477. The molecule has 0 saturated carbocycles. The second-order valence-corrected chi connectivity index (χ2v) is 5.81. The first-order chi connectivity index (χ1) is 12.1. The van der Waals surface area contributed by atoms with Gasteiger partial charge in [0.2, 0.25) is 0 Å². The standard InChI is InChI=1S/C20H25N3O2/c1-3-14-23(15-4-2)20(25)19(24)22-18-12-10-17(11-13-18)21-16-8-6-5-7-9-16/h5-13,21H,3-4,14-15H2,1-2H3,(H,22,24). The maximum absolute atomic E-state index is 12.2. The molecular weight excluding hydrogens is 314 g/mol. The molecule has 0 aromatic heterocycles. The molecule has 2 aromatic rings. The van der Waals surface area contributed by atoms with Crippen molar-refractivity contribution in [2.45, 2.75) is 26.7 Å². The van der Waals surface area contributed by atoms with Crippen molar-refractivity contribution in [2.24, 2.45) is 0 Å². The normalized spacial score (nSPS) is 10.2. The molecule has 132 valence electrons. The molecule has 5 nitrogen and oxygen atoms in total. The Kier molecular flexibility index (Phi) is 7.01. The number of amides is 2. The van der Waals surface area contributed by atoms with Crippen LogP contribution in [-0.2, 0) is 9.59 Å². The summed E-state index contributed by atoms with van der Waals surface area (Å²) >= 11 is 0. The summed E-state index contributed by atoms with van der Waals surface area (Å²) in [5, 5.41) is 5.94. The lowest BCUT2D eigenvalue weighted by atomic mass is 10.2. The molecule has 0 fully saturated rings. The molecular formula is C20H25N3O2. The third kappa shape index (κ3) is 5.64. The van der Waals surface area contributed by atoms with Crippen molar-refractivity contribution in [2.75, 3.05) is 23.7 Å². The van der Waals surface area contributed by atoms with Gasteiger partial charge in [0, 0.05) is 30.2 Å². The number of hydrogen-bond acceptors (Lipinski definition) is 3. The molecule has 0 atom stereocenters. The zero-order chi connectivity index (χ0) is 18.1. The highest BCUT2D eigenvalue weighted by atomic mass is 16.2. The fourth-order valence-corrected chi connectivity index (χ4v) is 2.51. The monoisotopic (exact) mass is 339 g/mol. The summed E-state index contributed by atoms with van der Waals surface area (Å²) in [6, 6.07) is 17.1. The predicted molar refractivity (Wildman–Crippen MR) is 102 cm³/mol. The van der Waals surface area contributed by atoms with E-state index in [0.717, 1.165) is 24.2 Å². The van der Waals surface area contributed by atoms with E-state index < -0.39 is 11.8 Å². The van der Waals surface area contributed by atoms with Crippen LogP contribution in [-0.4, -0.2) is 29.8 Å². The Morgan fingerprint density at radius 2 is 1.32 bits per heavy atom. The Balaban J connectivity index is 1.95. The highest BCUT2D eigenvalue weighted by Gasteiger charge is 2.20. The molecule has 0 spiro atoms. The van der Waals surface area contributed by atoms with Gasteiger partial charge >= 0.3 is 11.8 Å². The fourth-order valence-electron chi connectivity index (χ4n) is 2.51. The number of rotatable bonds is 7. The van der Waals surface area contributed by atoms with Gasteiger partial charge in [-0.15, -0.1) is 0 Å². The van der Waals surface area contributed by atoms with Crippen molar-refractivity contribution in [3.05, 3.63) is 54.6 Å². The Morgan fingerprint density at radius 1 is 0.800 bits per heavy atom. The van der Waals surface area contributed by atoms with Crippen LogP contribution in [0.25, 0.3) is 0 Å². The van der Waals surface area contributed by atoms with Crippen LogP contribution in [0.5, 0.6) is 0 Å². The molecule has 5 heteroatoms. The zero-order valence-electron chi connectivity index (χ0n) is 14.8. The summed E-state index contributed by atoms with van der Waals surface area (Å²) in [5.74, 6) is -1.07. The minimum atomic E-state index is -0.592. The number of anilines is 3. The lowest BCUT2D eigenvalue weighted by Crippen LogP contribution is -2.40. The quantitative estimate of drug-likeness (QED) is 0.749. The number of hydrogen-bond donors (Lipinski definition) is 2. The van der Waals surface area contributed by atoms with Crippen molar-refractivity contribution in [1.29, 1.82) is 0 Å². The average Bonchev–Trinajstić information content (AvgIpc) is 2.63. The molecule has 2 rings (SSSR count). The van der Waals surface area contributed by atoms with Gasteiger partial charge in [0.1, 0.15) is 0 Å². The van der Waals surface area contributed by atoms with Gasteiger partial charge in [-0.3, -0.25) is 9.59 Å². The minimum Gasteiger partial charge on any atom is -0.356 e. The van der Waals surface area contributed by atoms with Crippen LogP contribution in [0.4, 0.5) is 17.1 Å². The summed E-state index contributed by atoms with van der Waals surface area (Å²) in [7, 11) is 0. The Labute approximate surface area is 149 Å². The van der Waals surface area contributed by atoms with Crippen molar-refractivity contribution >= 4 is 28.9 Å². The Morgan fingerprint density at radius 3 is 1.88 bits per heavy atom. The highest BCUT2D eigenvalue weighted by molar-refractivity contribution is 6.39. The van der Waals surface area contributed by atoms with E-state index >= 15 is 0 Å². The van der Waals surface area contributed by atoms with E-state index in [1.165, 1.54) is 0 Å². The molecule has 25 heavy (non-hydrogen) atoms. The zero-order valence-corrected chi connectivity index (χ0v) is 14.8. The van der Waals surface area contributed by atoms with Crippen LogP contribution in [0.15, 0.2) is 54.6 Å². The van der Waals surface area contributed by atoms with Crippen molar-refractivity contribution < 1.29 is 9.59 Å². The van der Waals surface area contributed by atoms with Gasteiger partial charge in [0.25, 0.3) is 0 Å². The van der Waals surface area contributed by atoms with Crippen molar-refractivity contribution in [1.82, 2.24) is 4.90 Å². The summed E-state index contributed by atoms with van der Waals surface area (Å²) < 4.78 is 0. The first-order valence-electron chi connectivity index (χ1n) is 8.66. The summed E-state index contributed by atoms with van der Waals surface area (Å²) in [5.41, 5.74) is 2.50. The van der Waals surface area contributed by atoms with Crippen molar-refractivity contribution in [3.8, 4) is 0 Å². The van der Waals surface area contributed by atoms with Gasteiger partial charge in [-0.1, -0.05) is 32.0 Å². The number of carbonyl (C=O) groups excluding carboxylic acids is 2. The molecule has 0 radical (unpaired) electrons. The fraction of sp³-hybridized carbons (Fsp3) is 0.300. The maximum atomic E-state index is 12.2. The van der Waals surface area contributed by atoms with E-state index in [-0.39, 0.29) is 0 Å². The van der Waals surface area contributed by atoms with Gasteiger partial charge in [-0.05, 0) is 49.2 Å². The average molecular weight is 339 g/mol. The molecule has 0 aliphatic rings. The number of carbonyl (C=O) groups is 2. The van der Waals surface area contributed by atoms with Crippen LogP contribution in [0.2, 0.25) is 0 Å². The molecule has 0 aliphatic heterocycles. The third-order valence-electron chi connectivity index (χ3n) is 3.67. The lowest BCUT2D eigenvalue weighted by Gasteiger charge is -2.20. The first-order valence-corrected chi connectivity index (χ1v) is 8.66. The molecule has 2 aromatic carbocycles. The molecule has 0 unspecified atom stereocenters.